The summed E-state index contributed by atoms with van der Waals surface area (Å²) in [5.41, 5.74) is 1.29. The van der Waals surface area contributed by atoms with Crippen LogP contribution < -0.4 is 4.74 Å². The van der Waals surface area contributed by atoms with Gasteiger partial charge in [-0.3, -0.25) is 14.6 Å². The molecule has 6 heteroatoms. The van der Waals surface area contributed by atoms with Crippen LogP contribution in [0.25, 0.3) is 0 Å². The van der Waals surface area contributed by atoms with Crippen LogP contribution in [0.15, 0.2) is 48.7 Å². The molecule has 0 aliphatic carbocycles. The molecule has 1 aromatic carbocycles. The predicted molar refractivity (Wildman–Crippen MR) is 86.6 cm³/mol. The summed E-state index contributed by atoms with van der Waals surface area (Å²) in [5, 5.41) is 0. The minimum atomic E-state index is -0.491. The van der Waals surface area contributed by atoms with Crippen molar-refractivity contribution in [2.24, 2.45) is 0 Å². The fraction of sp³-hybridized carbons (Fsp3) is 0.278. The predicted octanol–water partition coefficient (Wildman–Crippen LogP) is 2.22. The highest BCUT2D eigenvalue weighted by Crippen LogP contribution is 2.29. The van der Waals surface area contributed by atoms with Crippen molar-refractivity contribution in [3.63, 3.8) is 0 Å². The largest absolute Gasteiger partial charge is 0.491 e. The van der Waals surface area contributed by atoms with Gasteiger partial charge in [0.2, 0.25) is 5.91 Å². The number of pyridine rings is 1. The lowest BCUT2D eigenvalue weighted by molar-refractivity contribution is -0.134. The van der Waals surface area contributed by atoms with Crippen LogP contribution in [0.3, 0.4) is 0 Å². The van der Waals surface area contributed by atoms with E-state index in [-0.39, 0.29) is 12.0 Å². The first-order valence-corrected chi connectivity index (χ1v) is 7.69. The Balaban J connectivity index is 1.64. The summed E-state index contributed by atoms with van der Waals surface area (Å²) in [6.07, 6.45) is 1.72. The van der Waals surface area contributed by atoms with Crippen LogP contribution in [-0.2, 0) is 9.53 Å². The maximum absolute atomic E-state index is 11.9. The van der Waals surface area contributed by atoms with Crippen molar-refractivity contribution in [3.8, 4) is 5.75 Å². The number of amides is 1. The Labute approximate surface area is 140 Å². The molecule has 2 heterocycles. The number of aldehydes is 1. The maximum atomic E-state index is 11.9. The highest BCUT2D eigenvalue weighted by molar-refractivity contribution is 5.75. The van der Waals surface area contributed by atoms with E-state index in [9.17, 15) is 9.59 Å². The molecule has 3 rings (SSSR count). The summed E-state index contributed by atoms with van der Waals surface area (Å²) in [5.74, 6) is 0.586. The van der Waals surface area contributed by atoms with Gasteiger partial charge in [0.1, 0.15) is 24.7 Å². The molecule has 124 valence electrons. The van der Waals surface area contributed by atoms with Crippen molar-refractivity contribution >= 4 is 12.2 Å². The Bertz CT molecular complexity index is 703. The van der Waals surface area contributed by atoms with E-state index in [1.165, 1.54) is 6.92 Å². The second kappa shape index (κ2) is 7.23. The molecule has 0 bridgehead atoms. The molecule has 1 aromatic heterocycles. The van der Waals surface area contributed by atoms with Crippen LogP contribution in [0.4, 0.5) is 0 Å². The van der Waals surface area contributed by atoms with Gasteiger partial charge in [-0.1, -0.05) is 6.07 Å². The molecule has 1 aliphatic rings. The van der Waals surface area contributed by atoms with Crippen molar-refractivity contribution in [1.29, 1.82) is 0 Å². The van der Waals surface area contributed by atoms with Gasteiger partial charge in [-0.25, -0.2) is 0 Å². The van der Waals surface area contributed by atoms with Gasteiger partial charge in [-0.2, -0.15) is 0 Å². The second-order valence-corrected chi connectivity index (χ2v) is 5.53. The van der Waals surface area contributed by atoms with Gasteiger partial charge in [0.05, 0.1) is 12.2 Å². The van der Waals surface area contributed by atoms with Gasteiger partial charge < -0.3 is 14.4 Å². The molecule has 24 heavy (non-hydrogen) atoms. The molecule has 1 saturated heterocycles. The molecular formula is C18H18N2O4. The number of rotatable bonds is 5. The lowest BCUT2D eigenvalue weighted by atomic mass is 10.2. The number of ether oxygens (including phenoxy) is 2. The molecule has 6 nitrogen and oxygen atoms in total. The summed E-state index contributed by atoms with van der Waals surface area (Å²) >= 11 is 0. The average molecular weight is 326 g/mol. The number of carbonyl (C=O) groups is 2. The van der Waals surface area contributed by atoms with E-state index in [1.807, 2.05) is 18.2 Å². The zero-order chi connectivity index (χ0) is 16.9. The van der Waals surface area contributed by atoms with E-state index in [4.69, 9.17) is 9.47 Å². The molecular weight excluding hydrogens is 308 g/mol. The van der Waals surface area contributed by atoms with Gasteiger partial charge >= 0.3 is 0 Å². The Morgan fingerprint density at radius 1 is 1.33 bits per heavy atom. The fourth-order valence-electron chi connectivity index (χ4n) is 2.58. The van der Waals surface area contributed by atoms with Crippen molar-refractivity contribution in [1.82, 2.24) is 9.88 Å². The monoisotopic (exact) mass is 326 g/mol. The van der Waals surface area contributed by atoms with Gasteiger partial charge in [0.15, 0.2) is 6.23 Å². The summed E-state index contributed by atoms with van der Waals surface area (Å²) in [4.78, 5) is 28.4. The Morgan fingerprint density at radius 3 is 2.75 bits per heavy atom. The number of hydrogen-bond acceptors (Lipinski definition) is 5. The minimum Gasteiger partial charge on any atom is -0.491 e. The standard InChI is InChI=1S/C18H18N2O4/c1-13(22)20-10-16(24-18(20)17-4-2-3-9-19-17)12-23-15-7-5-14(11-21)6-8-15/h2-9,11,16,18H,10,12H2,1H3. The van der Waals surface area contributed by atoms with Crippen molar-refractivity contribution in [2.75, 3.05) is 13.2 Å². The number of hydrogen-bond donors (Lipinski definition) is 0. The molecule has 0 saturated carbocycles. The Hall–Kier alpha value is -2.73. The van der Waals surface area contributed by atoms with Crippen LogP contribution in [0.5, 0.6) is 5.75 Å². The summed E-state index contributed by atoms with van der Waals surface area (Å²) < 4.78 is 11.7. The SMILES string of the molecule is CC(=O)N1CC(COc2ccc(C=O)cc2)OC1c1ccccn1. The van der Waals surface area contributed by atoms with Gasteiger partial charge in [-0.15, -0.1) is 0 Å². The van der Waals surface area contributed by atoms with E-state index in [0.717, 1.165) is 6.29 Å². The Morgan fingerprint density at radius 2 is 2.12 bits per heavy atom. The summed E-state index contributed by atoms with van der Waals surface area (Å²) in [6.45, 7) is 2.28. The normalized spacial score (nSPS) is 20.0. The zero-order valence-corrected chi connectivity index (χ0v) is 13.3. The van der Waals surface area contributed by atoms with Gasteiger partial charge in [0.25, 0.3) is 0 Å². The third-order valence-electron chi connectivity index (χ3n) is 3.80. The molecule has 1 fully saturated rings. The molecule has 2 unspecified atom stereocenters. The fourth-order valence-corrected chi connectivity index (χ4v) is 2.58. The number of aromatic nitrogens is 1. The molecule has 1 aliphatic heterocycles. The lowest BCUT2D eigenvalue weighted by Gasteiger charge is -2.20. The van der Waals surface area contributed by atoms with E-state index >= 15 is 0 Å². The third kappa shape index (κ3) is 3.60. The number of benzene rings is 1. The topological polar surface area (TPSA) is 68.7 Å². The van der Waals surface area contributed by atoms with Crippen LogP contribution in [0.1, 0.15) is 29.2 Å². The first-order valence-electron chi connectivity index (χ1n) is 7.69. The first kappa shape index (κ1) is 16.1. The summed E-state index contributed by atoms with van der Waals surface area (Å²) in [6, 6.07) is 12.4. The van der Waals surface area contributed by atoms with Crippen LogP contribution in [0, 0.1) is 0 Å². The molecule has 2 aromatic rings. The third-order valence-corrected chi connectivity index (χ3v) is 3.80. The average Bonchev–Trinajstić information content (AvgIpc) is 3.06. The quantitative estimate of drug-likeness (QED) is 0.788. The molecule has 0 N–H and O–H groups in total. The van der Waals surface area contributed by atoms with Gasteiger partial charge in [-0.05, 0) is 36.4 Å². The lowest BCUT2D eigenvalue weighted by Crippen LogP contribution is -2.30. The number of carbonyl (C=O) groups excluding carboxylic acids is 2. The molecule has 1 amide bonds. The van der Waals surface area contributed by atoms with Crippen molar-refractivity contribution < 1.29 is 19.1 Å². The van der Waals surface area contributed by atoms with E-state index in [0.29, 0.717) is 30.2 Å². The minimum absolute atomic E-state index is 0.0662. The molecule has 0 radical (unpaired) electrons. The molecule has 0 spiro atoms. The van der Waals surface area contributed by atoms with Crippen molar-refractivity contribution in [3.05, 3.63) is 59.9 Å². The highest BCUT2D eigenvalue weighted by Gasteiger charge is 2.36. The maximum Gasteiger partial charge on any atom is 0.221 e. The second-order valence-electron chi connectivity index (χ2n) is 5.53. The highest BCUT2D eigenvalue weighted by atomic mass is 16.6. The van der Waals surface area contributed by atoms with Crippen LogP contribution in [-0.4, -0.2) is 41.3 Å². The van der Waals surface area contributed by atoms with E-state index in [1.54, 1.807) is 35.4 Å². The van der Waals surface area contributed by atoms with Crippen molar-refractivity contribution in [2.45, 2.75) is 19.3 Å². The van der Waals surface area contributed by atoms with Gasteiger partial charge in [0, 0.05) is 18.7 Å². The van der Waals surface area contributed by atoms with E-state index in [2.05, 4.69) is 4.98 Å². The van der Waals surface area contributed by atoms with Crippen LogP contribution >= 0.6 is 0 Å². The summed E-state index contributed by atoms with van der Waals surface area (Å²) in [7, 11) is 0. The van der Waals surface area contributed by atoms with Crippen LogP contribution in [0.2, 0.25) is 0 Å². The molecule has 2 atom stereocenters. The smallest absolute Gasteiger partial charge is 0.221 e. The van der Waals surface area contributed by atoms with E-state index < -0.39 is 6.23 Å². The Kier molecular flexibility index (Phi) is 4.86. The number of nitrogens with zero attached hydrogens (tertiary/aromatic N) is 2. The zero-order valence-electron chi connectivity index (χ0n) is 13.3. The first-order chi connectivity index (χ1) is 11.7.